The molecule has 0 aromatic heterocycles. The van der Waals surface area contributed by atoms with E-state index in [-0.39, 0.29) is 29.2 Å². The fourth-order valence-corrected chi connectivity index (χ4v) is 4.04. The minimum Gasteiger partial charge on any atom is -0.497 e. The Morgan fingerprint density at radius 3 is 2.42 bits per heavy atom. The number of nitrogens with one attached hydrogen (secondary N) is 3. The van der Waals surface area contributed by atoms with Gasteiger partial charge in [0.2, 0.25) is 0 Å². The summed E-state index contributed by atoms with van der Waals surface area (Å²) in [6, 6.07) is 18.2. The molecule has 3 N–H and O–H groups in total. The van der Waals surface area contributed by atoms with Crippen molar-refractivity contribution in [3.63, 3.8) is 0 Å². The van der Waals surface area contributed by atoms with Crippen LogP contribution >= 0.6 is 0 Å². The first-order chi connectivity index (χ1) is 15.8. The lowest BCUT2D eigenvalue weighted by Crippen LogP contribution is -2.29. The number of benzene rings is 3. The molecule has 0 aliphatic heterocycles. The van der Waals surface area contributed by atoms with Crippen LogP contribution in [-0.4, -0.2) is 39.4 Å². The number of carbonyl (C=O) groups is 1. The van der Waals surface area contributed by atoms with Gasteiger partial charge in [-0.3, -0.25) is 19.6 Å². The molecule has 0 unspecified atom stereocenters. The van der Waals surface area contributed by atoms with Crippen LogP contribution in [0.25, 0.3) is 0 Å². The molecule has 0 bridgehead atoms. The second-order valence-electron chi connectivity index (χ2n) is 6.82. The summed E-state index contributed by atoms with van der Waals surface area (Å²) in [7, 11) is -2.40. The zero-order valence-electron chi connectivity index (χ0n) is 17.6. The molecule has 0 fully saturated rings. The molecule has 10 nitrogen and oxygen atoms in total. The van der Waals surface area contributed by atoms with Crippen molar-refractivity contribution < 1.29 is 22.9 Å². The summed E-state index contributed by atoms with van der Waals surface area (Å²) in [5.41, 5.74) is 0.797. The predicted octanol–water partition coefficient (Wildman–Crippen LogP) is 3.25. The highest BCUT2D eigenvalue weighted by atomic mass is 32.2. The van der Waals surface area contributed by atoms with Crippen LogP contribution in [0.15, 0.2) is 77.7 Å². The van der Waals surface area contributed by atoms with Gasteiger partial charge in [0.1, 0.15) is 11.4 Å². The number of carbonyl (C=O) groups excluding carboxylic acids is 1. The summed E-state index contributed by atoms with van der Waals surface area (Å²) in [5.74, 6) is 0.119. The third-order valence-corrected chi connectivity index (χ3v) is 5.95. The van der Waals surface area contributed by atoms with Gasteiger partial charge in [0, 0.05) is 30.4 Å². The fraction of sp³-hybridized carbons (Fsp3) is 0.136. The Hall–Kier alpha value is -4.12. The second-order valence-corrected chi connectivity index (χ2v) is 8.50. The van der Waals surface area contributed by atoms with E-state index < -0.39 is 20.9 Å². The standard InChI is InChI=1S/C22H22N4O6S/c1-32-18-11-9-17(10-12-18)25-33(30,31)19-6-4-5-16(15-19)22(27)24-14-13-23-20-7-2-3-8-21(20)26(28)29/h2-12,15,23,25H,13-14H2,1H3,(H,24,27). The van der Waals surface area contributed by atoms with Crippen molar-refractivity contribution in [1.82, 2.24) is 5.32 Å². The summed E-state index contributed by atoms with van der Waals surface area (Å²) in [4.78, 5) is 22.9. The Bertz CT molecular complexity index is 1250. The summed E-state index contributed by atoms with van der Waals surface area (Å²) in [5, 5.41) is 16.6. The number of amides is 1. The zero-order valence-corrected chi connectivity index (χ0v) is 18.5. The smallest absolute Gasteiger partial charge is 0.292 e. The van der Waals surface area contributed by atoms with Crippen molar-refractivity contribution in [1.29, 1.82) is 0 Å². The fourth-order valence-electron chi connectivity index (χ4n) is 2.94. The van der Waals surface area contributed by atoms with Crippen molar-refractivity contribution in [3.05, 3.63) is 88.5 Å². The van der Waals surface area contributed by atoms with Crippen LogP contribution in [-0.2, 0) is 10.0 Å². The Balaban J connectivity index is 1.60. The number of rotatable bonds is 10. The predicted molar refractivity (Wildman–Crippen MR) is 124 cm³/mol. The van der Waals surface area contributed by atoms with Gasteiger partial charge in [-0.15, -0.1) is 0 Å². The second kappa shape index (κ2) is 10.5. The number of para-hydroxylation sites is 2. The van der Waals surface area contributed by atoms with E-state index in [1.54, 1.807) is 42.5 Å². The number of anilines is 2. The normalized spacial score (nSPS) is 10.8. The molecule has 3 aromatic carbocycles. The van der Waals surface area contributed by atoms with Gasteiger partial charge in [-0.1, -0.05) is 18.2 Å². The molecular weight excluding hydrogens is 448 g/mol. The first-order valence-electron chi connectivity index (χ1n) is 9.82. The average Bonchev–Trinajstić information content (AvgIpc) is 2.82. The lowest BCUT2D eigenvalue weighted by molar-refractivity contribution is -0.384. The number of nitro groups is 1. The maximum absolute atomic E-state index is 12.7. The average molecular weight is 471 g/mol. The van der Waals surface area contributed by atoms with Crippen LogP contribution in [0, 0.1) is 10.1 Å². The van der Waals surface area contributed by atoms with Crippen molar-refractivity contribution in [2.75, 3.05) is 30.2 Å². The molecular formula is C22H22N4O6S. The van der Waals surface area contributed by atoms with E-state index in [0.29, 0.717) is 17.1 Å². The molecule has 33 heavy (non-hydrogen) atoms. The third kappa shape index (κ3) is 6.20. The molecule has 11 heteroatoms. The molecule has 172 valence electrons. The summed E-state index contributed by atoms with van der Waals surface area (Å²) in [6.45, 7) is 0.416. The molecule has 0 atom stereocenters. The number of ether oxygens (including phenoxy) is 1. The topological polar surface area (TPSA) is 140 Å². The molecule has 0 saturated heterocycles. The van der Waals surface area contributed by atoms with E-state index in [4.69, 9.17) is 4.74 Å². The summed E-state index contributed by atoms with van der Waals surface area (Å²) < 4.78 is 32.9. The molecule has 3 rings (SSSR count). The van der Waals surface area contributed by atoms with Crippen LogP contribution in [0.2, 0.25) is 0 Å². The van der Waals surface area contributed by atoms with Crippen molar-refractivity contribution in [3.8, 4) is 5.75 Å². The molecule has 0 aliphatic carbocycles. The highest BCUT2D eigenvalue weighted by Crippen LogP contribution is 2.23. The van der Waals surface area contributed by atoms with Crippen molar-refractivity contribution in [2.24, 2.45) is 0 Å². The maximum Gasteiger partial charge on any atom is 0.292 e. The molecule has 0 saturated carbocycles. The number of nitro benzene ring substituents is 1. The minimum atomic E-state index is -3.91. The lowest BCUT2D eigenvalue weighted by atomic mass is 10.2. The lowest BCUT2D eigenvalue weighted by Gasteiger charge is -2.11. The Kier molecular flexibility index (Phi) is 7.46. The maximum atomic E-state index is 12.7. The largest absolute Gasteiger partial charge is 0.497 e. The van der Waals surface area contributed by atoms with E-state index in [9.17, 15) is 23.3 Å². The quantitative estimate of drug-likeness (QED) is 0.235. The highest BCUT2D eigenvalue weighted by Gasteiger charge is 2.17. The first kappa shape index (κ1) is 23.5. The van der Waals surface area contributed by atoms with Gasteiger partial charge >= 0.3 is 0 Å². The monoisotopic (exact) mass is 470 g/mol. The van der Waals surface area contributed by atoms with E-state index >= 15 is 0 Å². The van der Waals surface area contributed by atoms with Crippen LogP contribution in [0.1, 0.15) is 10.4 Å². The van der Waals surface area contributed by atoms with Crippen LogP contribution in [0.5, 0.6) is 5.75 Å². The van der Waals surface area contributed by atoms with Crippen LogP contribution < -0.4 is 20.1 Å². The summed E-state index contributed by atoms with van der Waals surface area (Å²) >= 11 is 0. The van der Waals surface area contributed by atoms with Gasteiger partial charge in [-0.05, 0) is 48.5 Å². The first-order valence-corrected chi connectivity index (χ1v) is 11.3. The van der Waals surface area contributed by atoms with Gasteiger partial charge in [0.25, 0.3) is 21.6 Å². The minimum absolute atomic E-state index is 0.0638. The molecule has 0 radical (unpaired) electrons. The van der Waals surface area contributed by atoms with Crippen molar-refractivity contribution >= 4 is 33.0 Å². The summed E-state index contributed by atoms with van der Waals surface area (Å²) in [6.07, 6.45) is 0. The van der Waals surface area contributed by atoms with Gasteiger partial charge in [-0.2, -0.15) is 0 Å². The Labute approximate surface area is 190 Å². The number of hydrogen-bond donors (Lipinski definition) is 3. The third-order valence-electron chi connectivity index (χ3n) is 4.58. The van der Waals surface area contributed by atoms with E-state index in [1.807, 2.05) is 0 Å². The van der Waals surface area contributed by atoms with E-state index in [1.165, 1.54) is 37.4 Å². The molecule has 0 heterocycles. The Morgan fingerprint density at radius 2 is 1.73 bits per heavy atom. The number of sulfonamides is 1. The molecule has 3 aromatic rings. The van der Waals surface area contributed by atoms with Gasteiger partial charge in [-0.25, -0.2) is 8.42 Å². The van der Waals surface area contributed by atoms with Gasteiger partial charge in [0.05, 0.1) is 16.9 Å². The van der Waals surface area contributed by atoms with Gasteiger partial charge in [0.15, 0.2) is 0 Å². The number of methoxy groups -OCH3 is 1. The molecule has 1 amide bonds. The van der Waals surface area contributed by atoms with Crippen molar-refractivity contribution in [2.45, 2.75) is 4.90 Å². The SMILES string of the molecule is COc1ccc(NS(=O)(=O)c2cccc(C(=O)NCCNc3ccccc3[N+](=O)[O-])c2)cc1. The number of hydrogen-bond acceptors (Lipinski definition) is 7. The Morgan fingerprint density at radius 1 is 1.00 bits per heavy atom. The zero-order chi connectivity index (χ0) is 23.8. The van der Waals surface area contributed by atoms with Crippen LogP contribution in [0.4, 0.5) is 17.1 Å². The molecule has 0 spiro atoms. The molecule has 0 aliphatic rings. The van der Waals surface area contributed by atoms with Gasteiger partial charge < -0.3 is 15.4 Å². The highest BCUT2D eigenvalue weighted by molar-refractivity contribution is 7.92. The number of nitrogens with zero attached hydrogens (tertiary/aromatic N) is 1. The van der Waals surface area contributed by atoms with Crippen LogP contribution in [0.3, 0.4) is 0 Å². The van der Waals surface area contributed by atoms with E-state index in [0.717, 1.165) is 0 Å². The van der Waals surface area contributed by atoms with E-state index in [2.05, 4.69) is 15.4 Å².